The van der Waals surface area contributed by atoms with E-state index in [1.807, 2.05) is 79.7 Å². The van der Waals surface area contributed by atoms with Gasteiger partial charge in [-0.1, -0.05) is 48.0 Å². The minimum Gasteiger partial charge on any atom is -0.489 e. The van der Waals surface area contributed by atoms with Crippen LogP contribution in [0.15, 0.2) is 72.8 Å². The molecule has 0 heterocycles. The van der Waals surface area contributed by atoms with Crippen molar-refractivity contribution in [2.24, 2.45) is 0 Å². The van der Waals surface area contributed by atoms with Crippen molar-refractivity contribution in [3.63, 3.8) is 0 Å². The number of nitrogens with one attached hydrogen (secondary N) is 2. The number of anilines is 2. The van der Waals surface area contributed by atoms with Crippen LogP contribution in [0, 0.1) is 6.92 Å². The minimum atomic E-state index is 0.503. The van der Waals surface area contributed by atoms with Crippen molar-refractivity contribution in [3.05, 3.63) is 88.9 Å². The van der Waals surface area contributed by atoms with Gasteiger partial charge in [-0.25, -0.2) is 0 Å². The smallest absolute Gasteiger partial charge is 0.175 e. The first-order chi connectivity index (χ1) is 12.6. The molecule has 0 aliphatic rings. The van der Waals surface area contributed by atoms with Crippen LogP contribution in [0.2, 0.25) is 5.02 Å². The van der Waals surface area contributed by atoms with Gasteiger partial charge in [0.1, 0.15) is 12.4 Å². The van der Waals surface area contributed by atoms with Crippen LogP contribution in [0.25, 0.3) is 0 Å². The highest BCUT2D eigenvalue weighted by molar-refractivity contribution is 7.80. The first-order valence-corrected chi connectivity index (χ1v) is 9.00. The van der Waals surface area contributed by atoms with Gasteiger partial charge in [0, 0.05) is 16.4 Å². The zero-order chi connectivity index (χ0) is 18.4. The predicted molar refractivity (Wildman–Crippen MR) is 113 cm³/mol. The van der Waals surface area contributed by atoms with Gasteiger partial charge in [-0.3, -0.25) is 0 Å². The number of rotatable bonds is 5. The zero-order valence-corrected chi connectivity index (χ0v) is 15.9. The molecule has 3 aromatic carbocycles. The topological polar surface area (TPSA) is 33.3 Å². The maximum atomic E-state index is 6.13. The van der Waals surface area contributed by atoms with Crippen molar-refractivity contribution in [2.75, 3.05) is 10.6 Å². The average Bonchev–Trinajstić information content (AvgIpc) is 2.65. The molecule has 0 amide bonds. The van der Waals surface area contributed by atoms with E-state index in [1.165, 1.54) is 0 Å². The molecule has 0 aromatic heterocycles. The van der Waals surface area contributed by atoms with Crippen LogP contribution in [0.3, 0.4) is 0 Å². The standard InChI is InChI=1S/C21H19ClN2OS/c1-15-7-8-18(13-20(15)22)24-21(26)23-17-9-11-19(12-10-17)25-14-16-5-3-2-4-6-16/h2-13H,14H2,1H3,(H2,23,24,26). The molecule has 26 heavy (non-hydrogen) atoms. The van der Waals surface area contributed by atoms with E-state index in [1.54, 1.807) is 0 Å². The Morgan fingerprint density at radius 1 is 0.923 bits per heavy atom. The summed E-state index contributed by atoms with van der Waals surface area (Å²) in [6.45, 7) is 2.51. The fraction of sp³-hybridized carbons (Fsp3) is 0.0952. The Morgan fingerprint density at radius 2 is 1.58 bits per heavy atom. The second-order valence-electron chi connectivity index (χ2n) is 5.84. The maximum Gasteiger partial charge on any atom is 0.175 e. The van der Waals surface area contributed by atoms with Gasteiger partial charge in [0.25, 0.3) is 0 Å². The van der Waals surface area contributed by atoms with Gasteiger partial charge in [0.15, 0.2) is 5.11 Å². The SMILES string of the molecule is Cc1ccc(NC(=S)Nc2ccc(OCc3ccccc3)cc2)cc1Cl. The van der Waals surface area contributed by atoms with Crippen molar-refractivity contribution in [2.45, 2.75) is 13.5 Å². The molecule has 0 fully saturated rings. The molecule has 0 bridgehead atoms. The lowest BCUT2D eigenvalue weighted by molar-refractivity contribution is 0.306. The van der Waals surface area contributed by atoms with Gasteiger partial charge in [-0.2, -0.15) is 0 Å². The lowest BCUT2D eigenvalue weighted by Crippen LogP contribution is -2.19. The number of hydrogen-bond acceptors (Lipinski definition) is 2. The molecule has 0 aliphatic carbocycles. The number of ether oxygens (including phenoxy) is 1. The maximum absolute atomic E-state index is 6.13. The summed E-state index contributed by atoms with van der Waals surface area (Å²) in [6, 6.07) is 23.5. The lowest BCUT2D eigenvalue weighted by atomic mass is 10.2. The quantitative estimate of drug-likeness (QED) is 0.527. The molecule has 0 saturated carbocycles. The van der Waals surface area contributed by atoms with Crippen LogP contribution in [-0.2, 0) is 6.61 Å². The fourth-order valence-electron chi connectivity index (χ4n) is 2.34. The van der Waals surface area contributed by atoms with E-state index >= 15 is 0 Å². The zero-order valence-electron chi connectivity index (χ0n) is 14.3. The van der Waals surface area contributed by atoms with Gasteiger partial charge in [-0.05, 0) is 66.7 Å². The summed E-state index contributed by atoms with van der Waals surface area (Å²) in [5.74, 6) is 0.809. The lowest BCUT2D eigenvalue weighted by Gasteiger charge is -2.12. The van der Waals surface area contributed by atoms with E-state index in [9.17, 15) is 0 Å². The molecule has 0 radical (unpaired) electrons. The van der Waals surface area contributed by atoms with Crippen LogP contribution in [0.4, 0.5) is 11.4 Å². The Hall–Kier alpha value is -2.56. The molecule has 0 unspecified atom stereocenters. The molecule has 3 aromatic rings. The molecule has 3 rings (SSSR count). The van der Waals surface area contributed by atoms with Crippen molar-refractivity contribution in [3.8, 4) is 5.75 Å². The Balaban J connectivity index is 1.53. The third-order valence-corrected chi connectivity index (χ3v) is 4.40. The molecule has 0 saturated heterocycles. The van der Waals surface area contributed by atoms with Crippen molar-refractivity contribution < 1.29 is 4.74 Å². The second kappa shape index (κ2) is 8.70. The number of thiocarbonyl (C=S) groups is 1. The Kier molecular flexibility index (Phi) is 6.10. The van der Waals surface area contributed by atoms with Crippen molar-refractivity contribution in [1.82, 2.24) is 0 Å². The Bertz CT molecular complexity index is 882. The Labute approximate surface area is 164 Å². The number of halogens is 1. The van der Waals surface area contributed by atoms with Crippen LogP contribution >= 0.6 is 23.8 Å². The van der Waals surface area contributed by atoms with Crippen molar-refractivity contribution >= 4 is 40.3 Å². The normalized spacial score (nSPS) is 10.2. The first kappa shape index (κ1) is 18.2. The molecule has 132 valence electrons. The van der Waals surface area contributed by atoms with Crippen LogP contribution in [0.5, 0.6) is 5.75 Å². The predicted octanol–water partition coefficient (Wildman–Crippen LogP) is 6.04. The highest BCUT2D eigenvalue weighted by atomic mass is 35.5. The molecular weight excluding hydrogens is 364 g/mol. The van der Waals surface area contributed by atoms with Gasteiger partial charge in [0.2, 0.25) is 0 Å². The minimum absolute atomic E-state index is 0.503. The number of hydrogen-bond donors (Lipinski definition) is 2. The molecular formula is C21H19ClN2OS. The molecule has 3 nitrogen and oxygen atoms in total. The molecule has 0 atom stereocenters. The van der Waals surface area contributed by atoms with E-state index in [4.69, 9.17) is 28.6 Å². The first-order valence-electron chi connectivity index (χ1n) is 8.21. The Morgan fingerprint density at radius 3 is 2.27 bits per heavy atom. The van der Waals surface area contributed by atoms with E-state index in [0.29, 0.717) is 16.7 Å². The summed E-state index contributed by atoms with van der Waals surface area (Å²) in [5.41, 5.74) is 3.90. The average molecular weight is 383 g/mol. The summed E-state index contributed by atoms with van der Waals surface area (Å²) in [5, 5.41) is 7.48. The number of benzene rings is 3. The van der Waals surface area contributed by atoms with E-state index in [-0.39, 0.29) is 0 Å². The third kappa shape index (κ3) is 5.22. The fourth-order valence-corrected chi connectivity index (χ4v) is 2.76. The monoisotopic (exact) mass is 382 g/mol. The highest BCUT2D eigenvalue weighted by Gasteiger charge is 2.02. The highest BCUT2D eigenvalue weighted by Crippen LogP contribution is 2.21. The summed E-state index contributed by atoms with van der Waals surface area (Å²) >= 11 is 11.5. The molecule has 0 aliphatic heterocycles. The second-order valence-corrected chi connectivity index (χ2v) is 6.66. The summed E-state index contributed by atoms with van der Waals surface area (Å²) < 4.78 is 5.78. The van der Waals surface area contributed by atoms with Crippen LogP contribution < -0.4 is 15.4 Å². The van der Waals surface area contributed by atoms with Crippen LogP contribution in [0.1, 0.15) is 11.1 Å². The van der Waals surface area contributed by atoms with Crippen LogP contribution in [-0.4, -0.2) is 5.11 Å². The summed E-state index contributed by atoms with van der Waals surface area (Å²) in [6.07, 6.45) is 0. The summed E-state index contributed by atoms with van der Waals surface area (Å²) in [7, 11) is 0. The van der Waals surface area contributed by atoms with E-state index in [2.05, 4.69) is 10.6 Å². The van der Waals surface area contributed by atoms with E-state index in [0.717, 1.165) is 28.3 Å². The molecule has 2 N–H and O–H groups in total. The van der Waals surface area contributed by atoms with Gasteiger partial charge in [0.05, 0.1) is 0 Å². The van der Waals surface area contributed by atoms with Gasteiger partial charge < -0.3 is 15.4 Å². The molecule has 5 heteroatoms. The van der Waals surface area contributed by atoms with E-state index < -0.39 is 0 Å². The third-order valence-electron chi connectivity index (χ3n) is 3.79. The van der Waals surface area contributed by atoms with Crippen molar-refractivity contribution in [1.29, 1.82) is 0 Å². The van der Waals surface area contributed by atoms with Gasteiger partial charge in [-0.15, -0.1) is 0 Å². The number of aryl methyl sites for hydroxylation is 1. The summed E-state index contributed by atoms with van der Waals surface area (Å²) in [4.78, 5) is 0. The van der Waals surface area contributed by atoms with Gasteiger partial charge >= 0.3 is 0 Å². The largest absolute Gasteiger partial charge is 0.489 e. The molecule has 0 spiro atoms.